The summed E-state index contributed by atoms with van der Waals surface area (Å²) in [6.07, 6.45) is 2.27. The van der Waals surface area contributed by atoms with Crippen LogP contribution in [0.25, 0.3) is 27.2 Å². The molecule has 116 valence electrons. The van der Waals surface area contributed by atoms with E-state index in [9.17, 15) is 0 Å². The maximum absolute atomic E-state index is 6.01. The Kier molecular flexibility index (Phi) is 3.05. The Bertz CT molecular complexity index is 1040. The summed E-state index contributed by atoms with van der Waals surface area (Å²) in [6, 6.07) is 15.1. The number of ether oxygens (including phenoxy) is 1. The van der Waals surface area contributed by atoms with E-state index < -0.39 is 0 Å². The predicted molar refractivity (Wildman–Crippen MR) is 94.1 cm³/mol. The monoisotopic (exact) mass is 305 g/mol. The molecule has 0 radical (unpaired) electrons. The molecule has 0 N–H and O–H groups in total. The number of rotatable bonds is 2. The summed E-state index contributed by atoms with van der Waals surface area (Å²) in [5.74, 6) is 0.956. The van der Waals surface area contributed by atoms with E-state index in [0.717, 1.165) is 5.75 Å². The van der Waals surface area contributed by atoms with Gasteiger partial charge in [-0.3, -0.25) is 0 Å². The molecular formula is C20H21N2O+. The third kappa shape index (κ3) is 2.00. The number of pyridine rings is 1. The zero-order chi connectivity index (χ0) is 16.1. The second-order valence-corrected chi connectivity index (χ2v) is 6.38. The maximum atomic E-state index is 6.01. The van der Waals surface area contributed by atoms with E-state index in [-0.39, 0.29) is 6.10 Å². The first-order chi connectivity index (χ1) is 11.1. The summed E-state index contributed by atoms with van der Waals surface area (Å²) in [6.45, 7) is 6.28. The normalized spacial score (nSPS) is 11.9. The summed E-state index contributed by atoms with van der Waals surface area (Å²) < 4.78 is 10.4. The Morgan fingerprint density at radius 3 is 2.43 bits per heavy atom. The van der Waals surface area contributed by atoms with Gasteiger partial charge in [-0.25, -0.2) is 0 Å². The minimum absolute atomic E-state index is 0.167. The van der Waals surface area contributed by atoms with Crippen LogP contribution in [0.4, 0.5) is 0 Å². The van der Waals surface area contributed by atoms with Gasteiger partial charge >= 0.3 is 0 Å². The van der Waals surface area contributed by atoms with Gasteiger partial charge in [0.15, 0.2) is 13.2 Å². The summed E-state index contributed by atoms with van der Waals surface area (Å²) in [5.41, 5.74) is 3.61. The zero-order valence-corrected chi connectivity index (χ0v) is 14.0. The van der Waals surface area contributed by atoms with Crippen molar-refractivity contribution in [1.29, 1.82) is 0 Å². The topological polar surface area (TPSA) is 17.5 Å². The third-order valence-electron chi connectivity index (χ3n) is 4.44. The largest absolute Gasteiger partial charge is 0.491 e. The first kappa shape index (κ1) is 14.1. The number of hydrogen-bond acceptors (Lipinski definition) is 1. The highest BCUT2D eigenvalue weighted by Crippen LogP contribution is 2.34. The van der Waals surface area contributed by atoms with E-state index >= 15 is 0 Å². The van der Waals surface area contributed by atoms with Gasteiger partial charge in [0.2, 0.25) is 0 Å². The van der Waals surface area contributed by atoms with Crippen molar-refractivity contribution in [2.75, 3.05) is 0 Å². The molecule has 0 amide bonds. The average Bonchev–Trinajstić information content (AvgIpc) is 2.92. The fourth-order valence-corrected chi connectivity index (χ4v) is 3.46. The predicted octanol–water partition coefficient (Wildman–Crippen LogP) is 4.17. The Morgan fingerprint density at radius 1 is 0.957 bits per heavy atom. The number of hydrogen-bond donors (Lipinski definition) is 0. The summed E-state index contributed by atoms with van der Waals surface area (Å²) >= 11 is 0. The van der Waals surface area contributed by atoms with E-state index in [1.165, 1.54) is 32.8 Å². The van der Waals surface area contributed by atoms with Crippen LogP contribution in [0.1, 0.15) is 19.4 Å². The van der Waals surface area contributed by atoms with Gasteiger partial charge in [-0.1, -0.05) is 24.3 Å². The molecule has 0 fully saturated rings. The first-order valence-electron chi connectivity index (χ1n) is 8.06. The Labute approximate surface area is 135 Å². The summed E-state index contributed by atoms with van der Waals surface area (Å²) in [5, 5.41) is 3.82. The number of benzene rings is 2. The summed E-state index contributed by atoms with van der Waals surface area (Å²) in [4.78, 5) is 0. The van der Waals surface area contributed by atoms with Gasteiger partial charge in [0, 0.05) is 22.4 Å². The Hall–Kier alpha value is -2.55. The van der Waals surface area contributed by atoms with Crippen molar-refractivity contribution in [3.05, 3.63) is 54.2 Å². The molecule has 4 rings (SSSR count). The molecule has 3 heteroatoms. The Morgan fingerprint density at radius 2 is 1.70 bits per heavy atom. The quantitative estimate of drug-likeness (QED) is 0.401. The molecule has 3 nitrogen and oxygen atoms in total. The average molecular weight is 305 g/mol. The van der Waals surface area contributed by atoms with Gasteiger partial charge in [0.25, 0.3) is 0 Å². The maximum Gasteiger partial charge on any atom is 0.196 e. The highest BCUT2D eigenvalue weighted by atomic mass is 16.5. The standard InChI is InChI=1S/C20H21N2O/c1-13(2)23-19-10-9-17-15-7-5-6-8-16(15)18-11-12-21(4)22(18)20(17)14(19)3/h5-13H,1-4H3/q+1. The van der Waals surface area contributed by atoms with Crippen LogP contribution in [0.5, 0.6) is 5.75 Å². The molecule has 0 saturated carbocycles. The molecular weight excluding hydrogens is 284 g/mol. The van der Waals surface area contributed by atoms with Gasteiger partial charge in [-0.2, -0.15) is 0 Å². The van der Waals surface area contributed by atoms with Crippen LogP contribution in [0.15, 0.2) is 48.7 Å². The fraction of sp³-hybridized carbons (Fsp3) is 0.250. The van der Waals surface area contributed by atoms with Crippen LogP contribution in [-0.4, -0.2) is 10.6 Å². The van der Waals surface area contributed by atoms with Crippen molar-refractivity contribution >= 4 is 27.2 Å². The van der Waals surface area contributed by atoms with Gasteiger partial charge in [-0.15, -0.1) is 9.20 Å². The SMILES string of the molecule is Cc1c(OC(C)C)ccc2c3ccccc3c3cc[n+](C)n3c12. The van der Waals surface area contributed by atoms with Crippen molar-refractivity contribution in [2.24, 2.45) is 7.05 Å². The highest BCUT2D eigenvalue weighted by molar-refractivity contribution is 6.13. The van der Waals surface area contributed by atoms with Crippen LogP contribution in [0.3, 0.4) is 0 Å². The van der Waals surface area contributed by atoms with Crippen molar-refractivity contribution in [2.45, 2.75) is 26.9 Å². The lowest BCUT2D eigenvalue weighted by molar-refractivity contribution is -0.735. The van der Waals surface area contributed by atoms with Crippen LogP contribution in [0.2, 0.25) is 0 Å². The number of nitrogens with zero attached hydrogens (tertiary/aromatic N) is 2. The van der Waals surface area contributed by atoms with E-state index in [4.69, 9.17) is 4.74 Å². The molecule has 0 aliphatic carbocycles. The third-order valence-corrected chi connectivity index (χ3v) is 4.44. The highest BCUT2D eigenvalue weighted by Gasteiger charge is 2.18. The zero-order valence-electron chi connectivity index (χ0n) is 14.0. The smallest absolute Gasteiger partial charge is 0.196 e. The molecule has 0 atom stereocenters. The second kappa shape index (κ2) is 4.98. The molecule has 4 aromatic rings. The number of aromatic nitrogens is 2. The first-order valence-corrected chi connectivity index (χ1v) is 8.06. The fourth-order valence-electron chi connectivity index (χ4n) is 3.46. The molecule has 2 aromatic heterocycles. The summed E-state index contributed by atoms with van der Waals surface area (Å²) in [7, 11) is 2.08. The van der Waals surface area contributed by atoms with Crippen molar-refractivity contribution in [1.82, 2.24) is 4.52 Å². The molecule has 0 aliphatic rings. The molecule has 2 heterocycles. The van der Waals surface area contributed by atoms with E-state index in [0.29, 0.717) is 0 Å². The molecule has 0 saturated heterocycles. The minimum atomic E-state index is 0.167. The molecule has 23 heavy (non-hydrogen) atoms. The Balaban J connectivity index is 2.25. The van der Waals surface area contributed by atoms with E-state index in [1.54, 1.807) is 0 Å². The van der Waals surface area contributed by atoms with Gasteiger partial charge < -0.3 is 4.74 Å². The lowest BCUT2D eigenvalue weighted by Gasteiger charge is -2.15. The lowest BCUT2D eigenvalue weighted by Crippen LogP contribution is -2.34. The van der Waals surface area contributed by atoms with Crippen LogP contribution in [0, 0.1) is 6.92 Å². The van der Waals surface area contributed by atoms with Crippen molar-refractivity contribution in [3.8, 4) is 5.75 Å². The van der Waals surface area contributed by atoms with Gasteiger partial charge in [-0.05, 0) is 38.3 Å². The van der Waals surface area contributed by atoms with Crippen LogP contribution < -0.4 is 9.42 Å². The number of aryl methyl sites for hydroxylation is 2. The molecule has 0 aliphatic heterocycles. The van der Waals surface area contributed by atoms with Gasteiger partial charge in [0.1, 0.15) is 16.8 Å². The van der Waals surface area contributed by atoms with E-state index in [2.05, 4.69) is 85.7 Å². The van der Waals surface area contributed by atoms with Crippen molar-refractivity contribution < 1.29 is 9.42 Å². The number of fused-ring (bicyclic) bond motifs is 6. The molecule has 0 bridgehead atoms. The van der Waals surface area contributed by atoms with E-state index in [1.807, 2.05) is 0 Å². The molecule has 0 spiro atoms. The van der Waals surface area contributed by atoms with Crippen LogP contribution >= 0.6 is 0 Å². The molecule has 0 unspecified atom stereocenters. The lowest BCUT2D eigenvalue weighted by atomic mass is 10.0. The van der Waals surface area contributed by atoms with Crippen LogP contribution in [-0.2, 0) is 7.05 Å². The second-order valence-electron chi connectivity index (χ2n) is 6.38. The minimum Gasteiger partial charge on any atom is -0.491 e. The van der Waals surface area contributed by atoms with Crippen molar-refractivity contribution in [3.63, 3.8) is 0 Å². The molecule has 2 aromatic carbocycles. The van der Waals surface area contributed by atoms with Gasteiger partial charge in [0.05, 0.1) is 6.10 Å².